The Bertz CT molecular complexity index is 858. The number of hydrogen-bond acceptors (Lipinski definition) is 4. The molecule has 0 fully saturated rings. The molecule has 0 aliphatic rings. The van der Waals surface area contributed by atoms with Gasteiger partial charge in [0.2, 0.25) is 11.5 Å². The maximum Gasteiger partial charge on any atom is 0.416 e. The van der Waals surface area contributed by atoms with Crippen molar-refractivity contribution in [1.82, 2.24) is 19.9 Å². The molecule has 1 N–H and O–H groups in total. The molecule has 0 atom stereocenters. The minimum Gasteiger partial charge on any atom is -0.480 e. The quantitative estimate of drug-likeness (QED) is 0.804. The van der Waals surface area contributed by atoms with Crippen LogP contribution < -0.4 is 4.74 Å². The van der Waals surface area contributed by atoms with E-state index in [2.05, 4.69) is 19.9 Å². The minimum absolute atomic E-state index is 0.0418. The number of H-pyrrole nitrogens is 1. The molecule has 0 amide bonds. The molecule has 23 heavy (non-hydrogen) atoms. The van der Waals surface area contributed by atoms with Crippen molar-refractivity contribution >= 4 is 11.3 Å². The molecule has 0 spiro atoms. The van der Waals surface area contributed by atoms with Crippen LogP contribution in [0.15, 0.2) is 24.3 Å². The number of fused-ring (bicyclic) bond motifs is 1. The molecule has 3 aromatic rings. The Hall–Kier alpha value is -2.64. The third kappa shape index (κ3) is 2.96. The molecule has 0 saturated heterocycles. The Morgan fingerprint density at radius 1 is 1.13 bits per heavy atom. The first-order chi connectivity index (χ1) is 10.9. The molecule has 8 heteroatoms. The average molecular weight is 322 g/mol. The highest BCUT2D eigenvalue weighted by molar-refractivity contribution is 5.66. The van der Waals surface area contributed by atoms with Gasteiger partial charge in [-0.25, -0.2) is 9.97 Å². The number of nitrogens with zero attached hydrogens (tertiary/aromatic N) is 3. The number of methoxy groups -OCH3 is 1. The largest absolute Gasteiger partial charge is 0.480 e. The van der Waals surface area contributed by atoms with Crippen molar-refractivity contribution in [2.45, 2.75) is 19.5 Å². The smallest absolute Gasteiger partial charge is 0.416 e. The van der Waals surface area contributed by atoms with Crippen molar-refractivity contribution in [3.05, 3.63) is 46.9 Å². The topological polar surface area (TPSA) is 63.7 Å². The van der Waals surface area contributed by atoms with Crippen LogP contribution in [0.4, 0.5) is 13.2 Å². The summed E-state index contributed by atoms with van der Waals surface area (Å²) in [5.41, 5.74) is 0.531. The van der Waals surface area contributed by atoms with E-state index in [4.69, 9.17) is 4.74 Å². The van der Waals surface area contributed by atoms with Gasteiger partial charge in [-0.05, 0) is 18.6 Å². The molecular formula is C15H13F3N4O. The zero-order valence-electron chi connectivity index (χ0n) is 12.4. The fourth-order valence-electron chi connectivity index (χ4n) is 2.38. The van der Waals surface area contributed by atoms with E-state index >= 15 is 0 Å². The highest BCUT2D eigenvalue weighted by atomic mass is 19.4. The second-order valence-electron chi connectivity index (χ2n) is 5.01. The van der Waals surface area contributed by atoms with Gasteiger partial charge in [0.15, 0.2) is 5.65 Å². The first kappa shape index (κ1) is 15.3. The predicted molar refractivity (Wildman–Crippen MR) is 77.2 cm³/mol. The number of nitrogens with one attached hydrogen (secondary N) is 1. The molecule has 2 heterocycles. The molecule has 2 aromatic heterocycles. The number of ether oxygens (including phenoxy) is 1. The van der Waals surface area contributed by atoms with Crippen molar-refractivity contribution < 1.29 is 17.9 Å². The highest BCUT2D eigenvalue weighted by Crippen LogP contribution is 2.33. The number of aromatic amines is 1. The summed E-state index contributed by atoms with van der Waals surface area (Å²) in [6.45, 7) is 1.74. The van der Waals surface area contributed by atoms with Crippen molar-refractivity contribution in [3.63, 3.8) is 0 Å². The van der Waals surface area contributed by atoms with E-state index in [1.165, 1.54) is 19.2 Å². The average Bonchev–Trinajstić information content (AvgIpc) is 2.85. The summed E-state index contributed by atoms with van der Waals surface area (Å²) in [4.78, 5) is 15.6. The lowest BCUT2D eigenvalue weighted by atomic mass is 10.0. The fourth-order valence-corrected chi connectivity index (χ4v) is 2.38. The van der Waals surface area contributed by atoms with E-state index in [9.17, 15) is 13.2 Å². The standard InChI is InChI=1S/C15H13F3N4O/c1-8-19-12-13(20-8)22-14(23-2)11(21-12)7-9-5-3-4-6-10(9)15(16,17)18/h3-6H,7H2,1-2H3,(H,19,20,21,22). The molecule has 0 bridgehead atoms. The SMILES string of the molecule is COc1nc2nc(C)[nH]c2nc1Cc1ccccc1C(F)(F)F. The molecule has 120 valence electrons. The van der Waals surface area contributed by atoms with Crippen molar-refractivity contribution in [1.29, 1.82) is 0 Å². The van der Waals surface area contributed by atoms with Gasteiger partial charge in [-0.2, -0.15) is 18.2 Å². The summed E-state index contributed by atoms with van der Waals surface area (Å²) in [6.07, 6.45) is -4.47. The maximum absolute atomic E-state index is 13.1. The third-order valence-electron chi connectivity index (χ3n) is 3.36. The van der Waals surface area contributed by atoms with Gasteiger partial charge in [-0.1, -0.05) is 18.2 Å². The molecule has 0 unspecified atom stereocenters. The van der Waals surface area contributed by atoms with Gasteiger partial charge in [-0.15, -0.1) is 0 Å². The van der Waals surface area contributed by atoms with Crippen LogP contribution in [0.25, 0.3) is 11.3 Å². The summed E-state index contributed by atoms with van der Waals surface area (Å²) in [6, 6.07) is 5.39. The van der Waals surface area contributed by atoms with E-state index in [0.717, 1.165) is 6.07 Å². The van der Waals surface area contributed by atoms with Gasteiger partial charge in [0.1, 0.15) is 11.5 Å². The molecule has 0 aliphatic carbocycles. The maximum atomic E-state index is 13.1. The molecular weight excluding hydrogens is 309 g/mol. The minimum atomic E-state index is -4.42. The van der Waals surface area contributed by atoms with E-state index in [0.29, 0.717) is 22.8 Å². The summed E-state index contributed by atoms with van der Waals surface area (Å²) in [5.74, 6) is 0.788. The molecule has 0 saturated carbocycles. The Morgan fingerprint density at radius 2 is 1.87 bits per heavy atom. The molecule has 0 aliphatic heterocycles. The van der Waals surface area contributed by atoms with Gasteiger partial charge in [0, 0.05) is 6.42 Å². The van der Waals surface area contributed by atoms with E-state index in [1.54, 1.807) is 13.0 Å². The monoisotopic (exact) mass is 322 g/mol. The van der Waals surface area contributed by atoms with E-state index < -0.39 is 11.7 Å². The molecule has 0 radical (unpaired) electrons. The normalized spacial score (nSPS) is 11.9. The van der Waals surface area contributed by atoms with Crippen LogP contribution in [-0.2, 0) is 12.6 Å². The predicted octanol–water partition coefficient (Wildman–Crippen LogP) is 3.28. The first-order valence-electron chi connectivity index (χ1n) is 6.81. The number of aromatic nitrogens is 4. The van der Waals surface area contributed by atoms with Crippen molar-refractivity contribution in [2.24, 2.45) is 0 Å². The zero-order valence-corrected chi connectivity index (χ0v) is 12.4. The fraction of sp³-hybridized carbons (Fsp3) is 0.267. The lowest BCUT2D eigenvalue weighted by molar-refractivity contribution is -0.138. The summed E-state index contributed by atoms with van der Waals surface area (Å²) in [7, 11) is 1.40. The van der Waals surface area contributed by atoms with Gasteiger partial charge < -0.3 is 9.72 Å². The van der Waals surface area contributed by atoms with Gasteiger partial charge in [-0.3, -0.25) is 0 Å². The first-order valence-corrected chi connectivity index (χ1v) is 6.81. The van der Waals surface area contributed by atoms with Crippen LogP contribution in [0.5, 0.6) is 5.88 Å². The van der Waals surface area contributed by atoms with Crippen LogP contribution in [0, 0.1) is 6.92 Å². The van der Waals surface area contributed by atoms with Crippen LogP contribution in [-0.4, -0.2) is 27.0 Å². The van der Waals surface area contributed by atoms with E-state index in [-0.39, 0.29) is 17.9 Å². The number of aryl methyl sites for hydroxylation is 1. The summed E-state index contributed by atoms with van der Waals surface area (Å²) < 4.78 is 44.5. The van der Waals surface area contributed by atoms with Gasteiger partial charge in [0.25, 0.3) is 0 Å². The van der Waals surface area contributed by atoms with Crippen molar-refractivity contribution in [2.75, 3.05) is 7.11 Å². The van der Waals surface area contributed by atoms with Gasteiger partial charge in [0.05, 0.1) is 12.7 Å². The molecule has 3 rings (SSSR count). The van der Waals surface area contributed by atoms with Crippen LogP contribution in [0.3, 0.4) is 0 Å². The Balaban J connectivity index is 2.08. The number of imidazole rings is 1. The highest BCUT2D eigenvalue weighted by Gasteiger charge is 2.33. The number of halogens is 3. The molecule has 5 nitrogen and oxygen atoms in total. The second kappa shape index (κ2) is 5.53. The van der Waals surface area contributed by atoms with Crippen LogP contribution in [0.1, 0.15) is 22.6 Å². The second-order valence-corrected chi connectivity index (χ2v) is 5.01. The van der Waals surface area contributed by atoms with Crippen LogP contribution >= 0.6 is 0 Å². The molecule has 1 aromatic carbocycles. The number of hydrogen-bond donors (Lipinski definition) is 1. The van der Waals surface area contributed by atoms with Crippen LogP contribution in [0.2, 0.25) is 0 Å². The summed E-state index contributed by atoms with van der Waals surface area (Å²) >= 11 is 0. The Morgan fingerprint density at radius 3 is 2.57 bits per heavy atom. The number of alkyl halides is 3. The van der Waals surface area contributed by atoms with Gasteiger partial charge >= 0.3 is 6.18 Å². The van der Waals surface area contributed by atoms with Crippen molar-refractivity contribution in [3.8, 4) is 5.88 Å². The lowest BCUT2D eigenvalue weighted by Crippen LogP contribution is -2.10. The number of rotatable bonds is 3. The Labute approximate surface area is 129 Å². The summed E-state index contributed by atoms with van der Waals surface area (Å²) in [5, 5.41) is 0. The number of benzene rings is 1. The van der Waals surface area contributed by atoms with E-state index in [1.807, 2.05) is 0 Å². The zero-order chi connectivity index (χ0) is 16.6. The Kier molecular flexibility index (Phi) is 3.67. The lowest BCUT2D eigenvalue weighted by Gasteiger charge is -2.13. The third-order valence-corrected chi connectivity index (χ3v) is 3.36.